The summed E-state index contributed by atoms with van der Waals surface area (Å²) in [5, 5.41) is 2.79. The highest BCUT2D eigenvalue weighted by Crippen LogP contribution is 2.19. The second kappa shape index (κ2) is 9.37. The molecule has 0 spiro atoms. The maximum Gasteiger partial charge on any atom is 0.338 e. The van der Waals surface area contributed by atoms with Crippen LogP contribution in [0.3, 0.4) is 0 Å². The maximum atomic E-state index is 12.2. The van der Waals surface area contributed by atoms with Gasteiger partial charge in [0.2, 0.25) is 0 Å². The number of nitrogens with one attached hydrogen (secondary N) is 1. The second-order valence-electron chi connectivity index (χ2n) is 6.86. The van der Waals surface area contributed by atoms with Gasteiger partial charge in [0, 0.05) is 12.3 Å². The van der Waals surface area contributed by atoms with Gasteiger partial charge < -0.3 is 19.5 Å². The summed E-state index contributed by atoms with van der Waals surface area (Å²) in [4.78, 5) is 24.2. The summed E-state index contributed by atoms with van der Waals surface area (Å²) in [5.41, 5.74) is 3.03. The highest BCUT2D eigenvalue weighted by molar-refractivity contribution is 5.96. The first-order chi connectivity index (χ1) is 13.5. The predicted molar refractivity (Wildman–Crippen MR) is 106 cm³/mol. The summed E-state index contributed by atoms with van der Waals surface area (Å²) in [5.74, 6) is -0.260. The topological polar surface area (TPSA) is 73.9 Å². The van der Waals surface area contributed by atoms with Crippen LogP contribution in [0.2, 0.25) is 0 Å². The minimum absolute atomic E-state index is 0.139. The van der Waals surface area contributed by atoms with Crippen LogP contribution < -0.4 is 10.1 Å². The first-order valence-corrected chi connectivity index (χ1v) is 9.40. The van der Waals surface area contributed by atoms with Gasteiger partial charge >= 0.3 is 5.97 Å². The number of esters is 1. The van der Waals surface area contributed by atoms with Gasteiger partial charge in [0.1, 0.15) is 12.4 Å². The van der Waals surface area contributed by atoms with E-state index in [0.717, 1.165) is 36.3 Å². The molecule has 28 heavy (non-hydrogen) atoms. The zero-order valence-electron chi connectivity index (χ0n) is 16.2. The van der Waals surface area contributed by atoms with Crippen LogP contribution in [0, 0.1) is 13.8 Å². The average molecular weight is 383 g/mol. The van der Waals surface area contributed by atoms with E-state index in [2.05, 4.69) is 5.32 Å². The minimum Gasteiger partial charge on any atom is -0.491 e. The normalized spacial score (nSPS) is 15.9. The third-order valence-corrected chi connectivity index (χ3v) is 4.63. The molecule has 1 aliphatic heterocycles. The molecule has 0 radical (unpaired) electrons. The monoisotopic (exact) mass is 383 g/mol. The van der Waals surface area contributed by atoms with E-state index in [1.807, 2.05) is 32.0 Å². The minimum atomic E-state index is -0.553. The van der Waals surface area contributed by atoms with Crippen LogP contribution in [-0.2, 0) is 14.3 Å². The molecule has 148 valence electrons. The Morgan fingerprint density at radius 3 is 2.46 bits per heavy atom. The number of rotatable bonds is 7. The molecule has 0 aliphatic carbocycles. The third kappa shape index (κ3) is 5.33. The van der Waals surface area contributed by atoms with Crippen LogP contribution in [0.4, 0.5) is 5.69 Å². The van der Waals surface area contributed by atoms with Crippen molar-refractivity contribution in [3.8, 4) is 5.75 Å². The number of amides is 1. The molecule has 1 heterocycles. The second-order valence-corrected chi connectivity index (χ2v) is 6.86. The van der Waals surface area contributed by atoms with Gasteiger partial charge in [0.15, 0.2) is 6.61 Å². The van der Waals surface area contributed by atoms with Crippen molar-refractivity contribution < 1.29 is 23.8 Å². The summed E-state index contributed by atoms with van der Waals surface area (Å²) in [6.07, 6.45) is 2.21. The van der Waals surface area contributed by atoms with E-state index in [-0.39, 0.29) is 18.6 Å². The Labute approximate surface area is 164 Å². The van der Waals surface area contributed by atoms with Gasteiger partial charge in [-0.05, 0) is 62.1 Å². The van der Waals surface area contributed by atoms with Crippen molar-refractivity contribution in [3.63, 3.8) is 0 Å². The van der Waals surface area contributed by atoms with E-state index in [4.69, 9.17) is 14.2 Å². The molecule has 0 aromatic heterocycles. The van der Waals surface area contributed by atoms with E-state index in [1.165, 1.54) is 0 Å². The van der Waals surface area contributed by atoms with Gasteiger partial charge in [0.25, 0.3) is 5.91 Å². The number of hydrogen-bond donors (Lipinski definition) is 1. The Balaban J connectivity index is 1.47. The molecule has 1 aliphatic rings. The Morgan fingerprint density at radius 2 is 1.82 bits per heavy atom. The number of para-hydroxylation sites is 1. The number of anilines is 1. The van der Waals surface area contributed by atoms with Crippen LogP contribution in [0.25, 0.3) is 0 Å². The summed E-state index contributed by atoms with van der Waals surface area (Å²) >= 11 is 0. The molecular weight excluding hydrogens is 358 g/mol. The standard InChI is InChI=1S/C22H25NO5/c1-15-5-3-6-16(2)21(15)23-20(24)14-28-22(25)17-8-10-18(11-9-17)27-13-19-7-4-12-26-19/h3,5-6,8-11,19H,4,7,12-14H2,1-2H3,(H,23,24)/t19-/m1/s1. The van der Waals surface area contributed by atoms with Gasteiger partial charge in [-0.25, -0.2) is 4.79 Å². The van der Waals surface area contributed by atoms with Crippen molar-refractivity contribution in [3.05, 3.63) is 59.2 Å². The average Bonchev–Trinajstić information content (AvgIpc) is 3.21. The molecule has 3 rings (SSSR count). The highest BCUT2D eigenvalue weighted by Gasteiger charge is 2.16. The van der Waals surface area contributed by atoms with Crippen LogP contribution in [-0.4, -0.2) is 37.8 Å². The van der Waals surface area contributed by atoms with Crippen LogP contribution in [0.1, 0.15) is 34.3 Å². The first-order valence-electron chi connectivity index (χ1n) is 9.40. The molecule has 1 saturated heterocycles. The van der Waals surface area contributed by atoms with Crippen LogP contribution >= 0.6 is 0 Å². The molecule has 2 aromatic carbocycles. The fraction of sp³-hybridized carbons (Fsp3) is 0.364. The predicted octanol–water partition coefficient (Wildman–Crippen LogP) is 3.66. The molecule has 1 amide bonds. The highest BCUT2D eigenvalue weighted by atomic mass is 16.5. The fourth-order valence-corrected chi connectivity index (χ4v) is 3.05. The molecule has 6 heteroatoms. The lowest BCUT2D eigenvalue weighted by Crippen LogP contribution is -2.21. The smallest absolute Gasteiger partial charge is 0.338 e. The van der Waals surface area contributed by atoms with E-state index < -0.39 is 5.97 Å². The Morgan fingerprint density at radius 1 is 1.11 bits per heavy atom. The van der Waals surface area contributed by atoms with Gasteiger partial charge in [-0.2, -0.15) is 0 Å². The molecule has 0 bridgehead atoms. The van der Waals surface area contributed by atoms with Crippen molar-refractivity contribution in [1.82, 2.24) is 0 Å². The van der Waals surface area contributed by atoms with Crippen molar-refractivity contribution in [2.45, 2.75) is 32.8 Å². The summed E-state index contributed by atoms with van der Waals surface area (Å²) < 4.78 is 16.3. The van der Waals surface area contributed by atoms with Crippen LogP contribution in [0.5, 0.6) is 5.75 Å². The van der Waals surface area contributed by atoms with Crippen molar-refractivity contribution in [2.24, 2.45) is 0 Å². The number of hydrogen-bond acceptors (Lipinski definition) is 5. The van der Waals surface area contributed by atoms with Gasteiger partial charge in [-0.15, -0.1) is 0 Å². The quantitative estimate of drug-likeness (QED) is 0.739. The first kappa shape index (κ1) is 19.9. The number of benzene rings is 2. The Bertz CT molecular complexity index is 805. The zero-order valence-corrected chi connectivity index (χ0v) is 16.2. The molecule has 1 atom stereocenters. The lowest BCUT2D eigenvalue weighted by Gasteiger charge is -2.12. The molecule has 1 fully saturated rings. The maximum absolute atomic E-state index is 12.2. The van der Waals surface area contributed by atoms with Gasteiger partial charge in [-0.1, -0.05) is 18.2 Å². The molecule has 6 nitrogen and oxygen atoms in total. The SMILES string of the molecule is Cc1cccc(C)c1NC(=O)COC(=O)c1ccc(OC[C@H]2CCCO2)cc1. The Hall–Kier alpha value is -2.86. The zero-order chi connectivity index (χ0) is 19.9. The van der Waals surface area contributed by atoms with E-state index >= 15 is 0 Å². The molecule has 2 aromatic rings. The summed E-state index contributed by atoms with van der Waals surface area (Å²) in [6, 6.07) is 12.4. The molecule has 0 saturated carbocycles. The lowest BCUT2D eigenvalue weighted by atomic mass is 10.1. The van der Waals surface area contributed by atoms with E-state index in [0.29, 0.717) is 17.9 Å². The number of ether oxygens (including phenoxy) is 3. The van der Waals surface area contributed by atoms with Crippen LogP contribution in [0.15, 0.2) is 42.5 Å². The number of carbonyl (C=O) groups is 2. The number of carbonyl (C=O) groups excluding carboxylic acids is 2. The molecular formula is C22H25NO5. The van der Waals surface area contributed by atoms with E-state index in [9.17, 15) is 9.59 Å². The number of aryl methyl sites for hydroxylation is 2. The van der Waals surface area contributed by atoms with Gasteiger partial charge in [0.05, 0.1) is 11.7 Å². The largest absolute Gasteiger partial charge is 0.491 e. The van der Waals surface area contributed by atoms with E-state index in [1.54, 1.807) is 24.3 Å². The summed E-state index contributed by atoms with van der Waals surface area (Å²) in [7, 11) is 0. The summed E-state index contributed by atoms with van der Waals surface area (Å²) in [6.45, 7) is 4.77. The third-order valence-electron chi connectivity index (χ3n) is 4.63. The van der Waals surface area contributed by atoms with Crippen molar-refractivity contribution in [1.29, 1.82) is 0 Å². The Kier molecular flexibility index (Phi) is 6.66. The van der Waals surface area contributed by atoms with Crippen molar-refractivity contribution in [2.75, 3.05) is 25.1 Å². The van der Waals surface area contributed by atoms with Gasteiger partial charge in [-0.3, -0.25) is 4.79 Å². The lowest BCUT2D eigenvalue weighted by molar-refractivity contribution is -0.119. The molecule has 0 unspecified atom stereocenters. The molecule has 1 N–H and O–H groups in total. The van der Waals surface area contributed by atoms with Crippen molar-refractivity contribution >= 4 is 17.6 Å². The fourth-order valence-electron chi connectivity index (χ4n) is 3.05.